The van der Waals surface area contributed by atoms with Gasteiger partial charge in [0.2, 0.25) is 11.8 Å². The van der Waals surface area contributed by atoms with Crippen molar-refractivity contribution in [1.82, 2.24) is 15.5 Å². The maximum absolute atomic E-state index is 14.1. The Hall–Kier alpha value is -3.79. The van der Waals surface area contributed by atoms with Crippen LogP contribution in [0.4, 0.5) is 4.79 Å². The molecule has 0 bridgehead atoms. The molecule has 7 heteroatoms. The highest BCUT2D eigenvalue weighted by atomic mass is 16.6. The zero-order chi connectivity index (χ0) is 28.3. The summed E-state index contributed by atoms with van der Waals surface area (Å²) in [6, 6.07) is 14.8. The third-order valence-corrected chi connectivity index (χ3v) is 5.92. The molecule has 7 nitrogen and oxygen atoms in total. The molecule has 3 amide bonds. The molecule has 2 aromatic rings. The molecule has 0 saturated carbocycles. The Labute approximate surface area is 227 Å². The van der Waals surface area contributed by atoms with Gasteiger partial charge in [-0.25, -0.2) is 4.79 Å². The molecule has 38 heavy (non-hydrogen) atoms. The first-order chi connectivity index (χ1) is 18.0. The number of rotatable bonds is 11. The molecule has 2 atom stereocenters. The van der Waals surface area contributed by atoms with Crippen LogP contribution < -0.4 is 10.6 Å². The van der Waals surface area contributed by atoms with Crippen LogP contribution in [0, 0.1) is 18.3 Å². The number of unbranched alkanes of at least 4 members (excludes halogenated alkanes) is 1. The number of carbonyl (C=O) groups is 3. The maximum atomic E-state index is 14.1. The molecule has 0 heterocycles. The quantitative estimate of drug-likeness (QED) is 0.399. The lowest BCUT2D eigenvalue weighted by atomic mass is 9.95. The van der Waals surface area contributed by atoms with E-state index in [0.717, 1.165) is 12.0 Å². The number of ether oxygens (including phenoxy) is 1. The Balaban J connectivity index is 2.50. The fourth-order valence-electron chi connectivity index (χ4n) is 4.02. The minimum Gasteiger partial charge on any atom is -0.444 e. The number of hydrogen-bond donors (Lipinski definition) is 2. The molecule has 0 radical (unpaired) electrons. The average molecular weight is 520 g/mol. The standard InChI is InChI=1S/C31H41N3O4/c1-8-10-20-34(29(36)26(22(3)4)33-30(37)38-31(5,6)7)27(25-19-15-14-18-24(25)9-2)28(35)32-21-23-16-12-11-13-17-23/h2,11-19,22,26-27H,8,10,20-21H2,1,3-7H3,(H,32,35)(H,33,37). The van der Waals surface area contributed by atoms with E-state index in [9.17, 15) is 14.4 Å². The fraction of sp³-hybridized carbons (Fsp3) is 0.452. The van der Waals surface area contributed by atoms with Gasteiger partial charge in [0.25, 0.3) is 0 Å². The van der Waals surface area contributed by atoms with Crippen LogP contribution in [-0.2, 0) is 20.9 Å². The smallest absolute Gasteiger partial charge is 0.408 e. The van der Waals surface area contributed by atoms with E-state index in [-0.39, 0.29) is 17.7 Å². The number of amides is 3. The summed E-state index contributed by atoms with van der Waals surface area (Å²) in [4.78, 5) is 42.1. The Morgan fingerprint density at radius 2 is 1.66 bits per heavy atom. The molecule has 0 aliphatic carbocycles. The summed E-state index contributed by atoms with van der Waals surface area (Å²) in [5.41, 5.74) is 1.30. The molecule has 2 rings (SSSR count). The van der Waals surface area contributed by atoms with Crippen molar-refractivity contribution >= 4 is 17.9 Å². The molecule has 0 spiro atoms. The maximum Gasteiger partial charge on any atom is 0.408 e. The lowest BCUT2D eigenvalue weighted by molar-refractivity contribution is -0.143. The van der Waals surface area contributed by atoms with Crippen molar-refractivity contribution in [1.29, 1.82) is 0 Å². The van der Waals surface area contributed by atoms with Gasteiger partial charge in [0, 0.05) is 18.7 Å². The summed E-state index contributed by atoms with van der Waals surface area (Å²) < 4.78 is 5.42. The minimum atomic E-state index is -0.980. The largest absolute Gasteiger partial charge is 0.444 e. The number of benzene rings is 2. The highest BCUT2D eigenvalue weighted by molar-refractivity contribution is 5.92. The molecule has 0 aliphatic rings. The molecular formula is C31H41N3O4. The molecule has 0 aliphatic heterocycles. The van der Waals surface area contributed by atoms with Gasteiger partial charge in [0.1, 0.15) is 17.7 Å². The van der Waals surface area contributed by atoms with Crippen molar-refractivity contribution in [2.24, 2.45) is 5.92 Å². The Kier molecular flexibility index (Phi) is 11.4. The van der Waals surface area contributed by atoms with Crippen LogP contribution in [0.2, 0.25) is 0 Å². The van der Waals surface area contributed by atoms with Gasteiger partial charge in [-0.1, -0.05) is 81.6 Å². The summed E-state index contributed by atoms with van der Waals surface area (Å²) in [5, 5.41) is 5.72. The third kappa shape index (κ3) is 8.95. The van der Waals surface area contributed by atoms with E-state index in [4.69, 9.17) is 11.2 Å². The topological polar surface area (TPSA) is 87.7 Å². The van der Waals surface area contributed by atoms with Gasteiger partial charge < -0.3 is 20.3 Å². The van der Waals surface area contributed by atoms with Gasteiger partial charge in [0.05, 0.1) is 0 Å². The zero-order valence-corrected chi connectivity index (χ0v) is 23.4. The van der Waals surface area contributed by atoms with Crippen molar-refractivity contribution in [2.75, 3.05) is 6.54 Å². The van der Waals surface area contributed by atoms with Crippen molar-refractivity contribution < 1.29 is 19.1 Å². The molecule has 2 N–H and O–H groups in total. The zero-order valence-electron chi connectivity index (χ0n) is 23.4. The molecule has 204 valence electrons. The Bertz CT molecular complexity index is 1120. The van der Waals surface area contributed by atoms with Crippen molar-refractivity contribution in [3.8, 4) is 12.3 Å². The van der Waals surface area contributed by atoms with E-state index < -0.39 is 23.8 Å². The number of nitrogens with zero attached hydrogens (tertiary/aromatic N) is 1. The van der Waals surface area contributed by atoms with Crippen LogP contribution in [0.5, 0.6) is 0 Å². The summed E-state index contributed by atoms with van der Waals surface area (Å²) in [7, 11) is 0. The van der Waals surface area contributed by atoms with Gasteiger partial charge in [-0.15, -0.1) is 6.42 Å². The predicted molar refractivity (Wildman–Crippen MR) is 150 cm³/mol. The van der Waals surface area contributed by atoms with E-state index in [1.807, 2.05) is 51.1 Å². The normalized spacial score (nSPS) is 12.7. The third-order valence-electron chi connectivity index (χ3n) is 5.92. The molecular weight excluding hydrogens is 478 g/mol. The van der Waals surface area contributed by atoms with Gasteiger partial charge in [0.15, 0.2) is 0 Å². The van der Waals surface area contributed by atoms with Crippen LogP contribution in [-0.4, -0.2) is 41.0 Å². The van der Waals surface area contributed by atoms with Gasteiger partial charge in [-0.3, -0.25) is 9.59 Å². The Morgan fingerprint density at radius 3 is 2.24 bits per heavy atom. The predicted octanol–water partition coefficient (Wildman–Crippen LogP) is 5.20. The van der Waals surface area contributed by atoms with Gasteiger partial charge in [-0.05, 0) is 50.3 Å². The second-order valence-corrected chi connectivity index (χ2v) is 10.6. The highest BCUT2D eigenvalue weighted by Gasteiger charge is 2.38. The van der Waals surface area contributed by atoms with Crippen molar-refractivity contribution in [3.63, 3.8) is 0 Å². The average Bonchev–Trinajstić information content (AvgIpc) is 2.87. The van der Waals surface area contributed by atoms with E-state index in [1.165, 1.54) is 0 Å². The summed E-state index contributed by atoms with van der Waals surface area (Å²) in [6.45, 7) is 11.6. The number of terminal acetylenes is 1. The first-order valence-electron chi connectivity index (χ1n) is 13.2. The van der Waals surface area contributed by atoms with Crippen molar-refractivity contribution in [2.45, 2.75) is 78.6 Å². The number of hydrogen-bond acceptors (Lipinski definition) is 4. The highest BCUT2D eigenvalue weighted by Crippen LogP contribution is 2.27. The molecule has 0 saturated heterocycles. The molecule has 0 aromatic heterocycles. The van der Waals surface area contributed by atoms with Gasteiger partial charge >= 0.3 is 6.09 Å². The molecule has 0 fully saturated rings. The first-order valence-corrected chi connectivity index (χ1v) is 13.2. The van der Waals surface area contributed by atoms with E-state index in [2.05, 4.69) is 16.6 Å². The lowest BCUT2D eigenvalue weighted by Gasteiger charge is -2.36. The number of alkyl carbamates (subject to hydrolysis) is 1. The summed E-state index contributed by atoms with van der Waals surface area (Å²) in [6.07, 6.45) is 6.60. The van der Waals surface area contributed by atoms with Crippen LogP contribution in [0.15, 0.2) is 54.6 Å². The van der Waals surface area contributed by atoms with Crippen LogP contribution >= 0.6 is 0 Å². The summed E-state index contributed by atoms with van der Waals surface area (Å²) in [5.74, 6) is 1.69. The summed E-state index contributed by atoms with van der Waals surface area (Å²) >= 11 is 0. The number of nitrogens with one attached hydrogen (secondary N) is 2. The second kappa shape index (κ2) is 14.2. The van der Waals surface area contributed by atoms with Crippen LogP contribution in [0.3, 0.4) is 0 Å². The Morgan fingerprint density at radius 1 is 1.03 bits per heavy atom. The lowest BCUT2D eigenvalue weighted by Crippen LogP contribution is -2.55. The molecule has 2 aromatic carbocycles. The SMILES string of the molecule is C#Cc1ccccc1C(C(=O)NCc1ccccc1)N(CCCC)C(=O)C(NC(=O)OC(C)(C)C)C(C)C. The van der Waals surface area contributed by atoms with Crippen LogP contribution in [0.1, 0.15) is 77.1 Å². The second-order valence-electron chi connectivity index (χ2n) is 10.6. The van der Waals surface area contributed by atoms with Crippen LogP contribution in [0.25, 0.3) is 0 Å². The van der Waals surface area contributed by atoms with E-state index in [0.29, 0.717) is 30.6 Å². The van der Waals surface area contributed by atoms with E-state index in [1.54, 1.807) is 49.9 Å². The minimum absolute atomic E-state index is 0.255. The number of carbonyl (C=O) groups excluding carboxylic acids is 3. The van der Waals surface area contributed by atoms with Crippen molar-refractivity contribution in [3.05, 3.63) is 71.3 Å². The fourth-order valence-corrected chi connectivity index (χ4v) is 4.02. The first kappa shape index (κ1) is 30.4. The molecule has 2 unspecified atom stereocenters. The van der Waals surface area contributed by atoms with E-state index >= 15 is 0 Å². The monoisotopic (exact) mass is 519 g/mol. The van der Waals surface area contributed by atoms with Gasteiger partial charge in [-0.2, -0.15) is 0 Å².